The van der Waals surface area contributed by atoms with Gasteiger partial charge in [-0.05, 0) is 77.4 Å². The first-order chi connectivity index (χ1) is 23.4. The van der Waals surface area contributed by atoms with Crippen molar-refractivity contribution in [3.05, 3.63) is 117 Å². The number of thioether (sulfide) groups is 1. The van der Waals surface area contributed by atoms with Crippen molar-refractivity contribution in [2.24, 2.45) is 29.6 Å². The third-order valence-electron chi connectivity index (χ3n) is 10.5. The van der Waals surface area contributed by atoms with E-state index < -0.39 is 17.7 Å². The van der Waals surface area contributed by atoms with Crippen molar-refractivity contribution in [3.63, 3.8) is 0 Å². The highest BCUT2D eigenvalue weighted by molar-refractivity contribution is 8.00. The maximum atomic E-state index is 14.0. The summed E-state index contributed by atoms with van der Waals surface area (Å²) < 4.78 is 19.9. The third kappa shape index (κ3) is 4.55. The standard InChI is InChI=1S/C37H28FN3O5S2/c38-20-10-13-22(14-11-20)41-35(43)30-24-16-25(31(30)36(41)44)32-29(24)28(33-34(47-32)40-37(45)48-33)23-7-3-4-8-26(23)46-17-27(42)39-21-12-9-18-5-1-2-6-19(18)15-21/h1-15,24-25,28-32H,16-17H2,(H,39,42)(H,40,45)/t24-,25-,28-,29?,30?,31?,32?/m1/s1. The summed E-state index contributed by atoms with van der Waals surface area (Å²) in [4.78, 5) is 58.6. The molecule has 4 aromatic carbocycles. The Bertz CT molecular complexity index is 2200. The highest BCUT2D eigenvalue weighted by atomic mass is 32.2. The van der Waals surface area contributed by atoms with Gasteiger partial charge in [0.2, 0.25) is 11.8 Å². The molecule has 2 saturated carbocycles. The van der Waals surface area contributed by atoms with Crippen LogP contribution in [0.3, 0.4) is 0 Å². The van der Waals surface area contributed by atoms with Crippen LogP contribution in [-0.2, 0) is 14.4 Å². The zero-order chi connectivity index (χ0) is 32.7. The molecule has 3 fully saturated rings. The van der Waals surface area contributed by atoms with Crippen LogP contribution in [0.15, 0.2) is 101 Å². The third-order valence-corrected chi connectivity index (χ3v) is 13.0. The summed E-state index contributed by atoms with van der Waals surface area (Å²) in [5.74, 6) is -2.09. The van der Waals surface area contributed by atoms with Gasteiger partial charge in [-0.25, -0.2) is 4.39 Å². The van der Waals surface area contributed by atoms with Gasteiger partial charge in [-0.15, -0.1) is 11.8 Å². The SMILES string of the molecule is O=C(COc1ccccc1[C@H]1c2sc(=O)[nH]c2SC2C1[C@H]1C[C@@H]2C2C(=O)N(c3ccc(F)cc3)C(=O)C21)Nc1ccc2ccccc2c1. The molecule has 2 N–H and O–H groups in total. The lowest BCUT2D eigenvalue weighted by Crippen LogP contribution is -2.42. The van der Waals surface area contributed by atoms with Crippen LogP contribution in [-0.4, -0.2) is 34.6 Å². The Kier molecular flexibility index (Phi) is 6.84. The Balaban J connectivity index is 1.02. The number of nitrogens with zero attached hydrogens (tertiary/aromatic N) is 1. The van der Waals surface area contributed by atoms with Gasteiger partial charge in [-0.1, -0.05) is 59.9 Å². The highest BCUT2D eigenvalue weighted by Gasteiger charge is 2.69. The molecule has 11 heteroatoms. The average molecular weight is 678 g/mol. The number of fused-ring (bicyclic) bond motifs is 10. The minimum absolute atomic E-state index is 0.00632. The number of imide groups is 1. The fourth-order valence-corrected chi connectivity index (χ4v) is 11.6. The smallest absolute Gasteiger partial charge is 0.305 e. The van der Waals surface area contributed by atoms with Crippen molar-refractivity contribution in [2.45, 2.75) is 22.6 Å². The molecule has 9 rings (SSSR count). The molecule has 3 heterocycles. The minimum atomic E-state index is -0.491. The molecule has 5 aromatic rings. The van der Waals surface area contributed by atoms with Crippen LogP contribution in [0.5, 0.6) is 5.75 Å². The van der Waals surface area contributed by atoms with Gasteiger partial charge >= 0.3 is 4.87 Å². The minimum Gasteiger partial charge on any atom is -0.483 e. The summed E-state index contributed by atoms with van der Waals surface area (Å²) in [5.41, 5.74) is 1.90. The van der Waals surface area contributed by atoms with Gasteiger partial charge in [-0.2, -0.15) is 0 Å². The highest BCUT2D eigenvalue weighted by Crippen LogP contribution is 2.69. The van der Waals surface area contributed by atoms with Crippen molar-refractivity contribution in [1.82, 2.24) is 4.98 Å². The number of nitrogens with one attached hydrogen (secondary N) is 2. The van der Waals surface area contributed by atoms with E-state index in [9.17, 15) is 23.6 Å². The van der Waals surface area contributed by atoms with Gasteiger partial charge in [0.15, 0.2) is 6.61 Å². The molecule has 4 aliphatic rings. The fourth-order valence-electron chi connectivity index (χ4n) is 8.69. The van der Waals surface area contributed by atoms with Crippen molar-refractivity contribution < 1.29 is 23.5 Å². The van der Waals surface area contributed by atoms with Crippen LogP contribution < -0.4 is 19.8 Å². The van der Waals surface area contributed by atoms with E-state index in [1.165, 1.54) is 40.5 Å². The van der Waals surface area contributed by atoms with E-state index in [4.69, 9.17) is 4.74 Å². The van der Waals surface area contributed by atoms with Gasteiger partial charge < -0.3 is 15.0 Å². The number of H-pyrrole nitrogens is 1. The number of para-hydroxylation sites is 1. The number of rotatable bonds is 6. The summed E-state index contributed by atoms with van der Waals surface area (Å²) >= 11 is 2.77. The van der Waals surface area contributed by atoms with E-state index in [0.29, 0.717) is 17.1 Å². The first-order valence-corrected chi connectivity index (χ1v) is 17.6. The van der Waals surface area contributed by atoms with E-state index >= 15 is 0 Å². The lowest BCUT2D eigenvalue weighted by molar-refractivity contribution is -0.123. The number of carbonyl (C=O) groups excluding carboxylic acids is 3. The number of thiazole rings is 1. The molecule has 240 valence electrons. The summed E-state index contributed by atoms with van der Waals surface area (Å²) in [6, 6.07) is 26.7. The molecule has 3 amide bonds. The van der Waals surface area contributed by atoms with E-state index in [1.807, 2.05) is 66.7 Å². The maximum absolute atomic E-state index is 14.0. The molecule has 48 heavy (non-hydrogen) atoms. The van der Waals surface area contributed by atoms with E-state index in [1.54, 1.807) is 11.8 Å². The number of amides is 3. The monoisotopic (exact) mass is 677 g/mol. The van der Waals surface area contributed by atoms with Crippen molar-refractivity contribution in [2.75, 3.05) is 16.8 Å². The van der Waals surface area contributed by atoms with Crippen LogP contribution >= 0.6 is 23.1 Å². The van der Waals surface area contributed by atoms with Crippen molar-refractivity contribution >= 4 is 63.0 Å². The van der Waals surface area contributed by atoms with Crippen molar-refractivity contribution in [3.8, 4) is 5.75 Å². The lowest BCUT2D eigenvalue weighted by Gasteiger charge is -2.43. The Morgan fingerprint density at radius 2 is 1.62 bits per heavy atom. The van der Waals surface area contributed by atoms with Crippen LogP contribution in [0.25, 0.3) is 10.8 Å². The molecule has 2 bridgehead atoms. The maximum Gasteiger partial charge on any atom is 0.305 e. The largest absolute Gasteiger partial charge is 0.483 e. The number of anilines is 2. The second kappa shape index (κ2) is 11.2. The normalized spacial score (nSPS) is 26.8. The Labute approximate surface area is 282 Å². The Morgan fingerprint density at radius 1 is 0.896 bits per heavy atom. The number of hydrogen-bond acceptors (Lipinski definition) is 7. The van der Waals surface area contributed by atoms with Crippen LogP contribution in [0.2, 0.25) is 0 Å². The zero-order valence-corrected chi connectivity index (χ0v) is 26.9. The van der Waals surface area contributed by atoms with Gasteiger partial charge in [0.1, 0.15) is 11.6 Å². The first kappa shape index (κ1) is 29.4. The van der Waals surface area contributed by atoms with E-state index in [0.717, 1.165) is 32.7 Å². The van der Waals surface area contributed by atoms with E-state index in [-0.39, 0.29) is 58.1 Å². The van der Waals surface area contributed by atoms with Gasteiger partial charge in [0.25, 0.3) is 5.91 Å². The number of ether oxygens (including phenoxy) is 1. The molecule has 2 aliphatic heterocycles. The summed E-state index contributed by atoms with van der Waals surface area (Å²) in [5, 5.41) is 5.81. The van der Waals surface area contributed by atoms with Crippen LogP contribution in [0.4, 0.5) is 15.8 Å². The molecule has 2 aliphatic carbocycles. The molecular weight excluding hydrogens is 650 g/mol. The summed E-state index contributed by atoms with van der Waals surface area (Å²) in [6.07, 6.45) is 0.735. The van der Waals surface area contributed by atoms with Gasteiger partial charge in [0, 0.05) is 27.3 Å². The van der Waals surface area contributed by atoms with E-state index in [2.05, 4.69) is 10.3 Å². The van der Waals surface area contributed by atoms with Gasteiger partial charge in [-0.3, -0.25) is 24.1 Å². The Hall–Kier alpha value is -4.74. The molecule has 0 spiro atoms. The molecule has 8 nitrogen and oxygen atoms in total. The fraction of sp³-hybridized carbons (Fsp3) is 0.243. The lowest BCUT2D eigenvalue weighted by atomic mass is 9.68. The quantitative estimate of drug-likeness (QED) is 0.201. The molecule has 1 saturated heterocycles. The topological polar surface area (TPSA) is 109 Å². The second-order valence-corrected chi connectivity index (χ2v) is 15.1. The number of carbonyl (C=O) groups is 3. The Morgan fingerprint density at radius 3 is 2.44 bits per heavy atom. The zero-order valence-electron chi connectivity index (χ0n) is 25.3. The molecule has 0 radical (unpaired) electrons. The predicted molar refractivity (Wildman–Crippen MR) is 182 cm³/mol. The predicted octanol–water partition coefficient (Wildman–Crippen LogP) is 6.42. The van der Waals surface area contributed by atoms with Crippen LogP contribution in [0, 0.1) is 35.4 Å². The van der Waals surface area contributed by atoms with Crippen LogP contribution in [0.1, 0.15) is 22.8 Å². The molecule has 4 unspecified atom stereocenters. The number of benzene rings is 4. The number of aromatic nitrogens is 1. The molecule has 1 aromatic heterocycles. The molecular formula is C37H28FN3O5S2. The number of hydrogen-bond donors (Lipinski definition) is 2. The number of aromatic amines is 1. The molecule has 7 atom stereocenters. The summed E-state index contributed by atoms with van der Waals surface area (Å²) in [6.45, 7) is -0.216. The number of halogens is 1. The average Bonchev–Trinajstić information content (AvgIpc) is 3.83. The summed E-state index contributed by atoms with van der Waals surface area (Å²) in [7, 11) is 0. The second-order valence-electron chi connectivity index (χ2n) is 12.9. The van der Waals surface area contributed by atoms with Gasteiger partial charge in [0.05, 0.1) is 22.5 Å². The van der Waals surface area contributed by atoms with Crippen molar-refractivity contribution in [1.29, 1.82) is 0 Å². The first-order valence-electron chi connectivity index (χ1n) is 15.9.